The van der Waals surface area contributed by atoms with E-state index in [4.69, 9.17) is 16.3 Å². The van der Waals surface area contributed by atoms with Crippen LogP contribution in [0.5, 0.6) is 0 Å². The van der Waals surface area contributed by atoms with Crippen LogP contribution >= 0.6 is 38.9 Å². The van der Waals surface area contributed by atoms with E-state index in [0.29, 0.717) is 21.8 Å². The number of benzene rings is 2. The lowest BCUT2D eigenvalue weighted by Gasteiger charge is -2.06. The molecule has 0 fully saturated rings. The molecule has 2 aromatic carbocycles. The summed E-state index contributed by atoms with van der Waals surface area (Å²) in [5, 5.41) is 6.26. The summed E-state index contributed by atoms with van der Waals surface area (Å²) in [7, 11) is 1.24. The molecule has 0 aliphatic rings. The maximum atomic E-state index is 12.9. The molecule has 0 atom stereocenters. The number of esters is 1. The Balaban J connectivity index is 1.92. The smallest absolute Gasteiger partial charge is 0.341 e. The number of anilines is 2. The predicted octanol–water partition coefficient (Wildman–Crippen LogP) is 6.07. The fourth-order valence-electron chi connectivity index (χ4n) is 2.80. The first-order valence-electron chi connectivity index (χ1n) is 9.07. The molecule has 1 aromatic heterocycles. The van der Waals surface area contributed by atoms with E-state index in [0.717, 1.165) is 21.4 Å². The molecule has 9 heteroatoms. The number of methoxy groups -OCH3 is 1. The lowest BCUT2D eigenvalue weighted by Crippen LogP contribution is -2.14. The Morgan fingerprint density at radius 3 is 2.29 bits per heavy atom. The second-order valence-corrected chi connectivity index (χ2v) is 8.97. The minimum absolute atomic E-state index is 0.144. The molecular formula is C22H18BrClN2O4S. The maximum absolute atomic E-state index is 12.9. The fourth-order valence-corrected chi connectivity index (χ4v) is 4.33. The molecule has 0 saturated heterocycles. The van der Waals surface area contributed by atoms with E-state index in [1.54, 1.807) is 49.4 Å². The van der Waals surface area contributed by atoms with Crippen molar-refractivity contribution in [3.05, 3.63) is 79.1 Å². The maximum Gasteiger partial charge on any atom is 0.341 e. The Bertz CT molecular complexity index is 1170. The fraction of sp³-hybridized carbons (Fsp3) is 0.136. The Hall–Kier alpha value is -2.68. The van der Waals surface area contributed by atoms with Gasteiger partial charge in [0, 0.05) is 20.7 Å². The number of ether oxygens (including phenoxy) is 1. The number of amides is 2. The molecule has 0 aliphatic heterocycles. The van der Waals surface area contributed by atoms with Crippen LogP contribution in [0.15, 0.2) is 46.9 Å². The van der Waals surface area contributed by atoms with Crippen LogP contribution in [-0.4, -0.2) is 24.9 Å². The van der Waals surface area contributed by atoms with Gasteiger partial charge in [-0.15, -0.1) is 11.3 Å². The van der Waals surface area contributed by atoms with E-state index in [1.807, 2.05) is 6.92 Å². The molecule has 3 rings (SSSR count). The SMILES string of the molecule is COC(=O)c1c(NC(=O)c2ccc(Br)cc2)sc(C(=O)Nc2ccc(C)c(Cl)c2)c1C. The van der Waals surface area contributed by atoms with E-state index in [-0.39, 0.29) is 15.4 Å². The van der Waals surface area contributed by atoms with Crippen LogP contribution in [0.1, 0.15) is 41.5 Å². The van der Waals surface area contributed by atoms with Crippen molar-refractivity contribution in [2.24, 2.45) is 0 Å². The molecule has 0 aliphatic carbocycles. The summed E-state index contributed by atoms with van der Waals surface area (Å²) in [6.45, 7) is 3.50. The minimum Gasteiger partial charge on any atom is -0.465 e. The van der Waals surface area contributed by atoms with Gasteiger partial charge in [0.05, 0.1) is 17.6 Å². The Morgan fingerprint density at radius 1 is 1.00 bits per heavy atom. The highest BCUT2D eigenvalue weighted by molar-refractivity contribution is 9.10. The molecule has 2 amide bonds. The van der Waals surface area contributed by atoms with Crippen LogP contribution < -0.4 is 10.6 Å². The van der Waals surface area contributed by atoms with Gasteiger partial charge in [-0.05, 0) is 61.4 Å². The van der Waals surface area contributed by atoms with Crippen molar-refractivity contribution in [3.8, 4) is 0 Å². The van der Waals surface area contributed by atoms with Crippen LogP contribution in [0.25, 0.3) is 0 Å². The summed E-state index contributed by atoms with van der Waals surface area (Å²) in [6.07, 6.45) is 0. The molecule has 1 heterocycles. The third kappa shape index (κ3) is 5.15. The normalized spacial score (nSPS) is 10.5. The number of rotatable bonds is 5. The van der Waals surface area contributed by atoms with E-state index >= 15 is 0 Å². The van der Waals surface area contributed by atoms with Crippen molar-refractivity contribution in [2.75, 3.05) is 17.7 Å². The summed E-state index contributed by atoms with van der Waals surface area (Å²) in [5.41, 5.74) is 2.38. The zero-order chi connectivity index (χ0) is 22.7. The van der Waals surface area contributed by atoms with Gasteiger partial charge in [0.2, 0.25) is 0 Å². The van der Waals surface area contributed by atoms with E-state index in [1.165, 1.54) is 7.11 Å². The minimum atomic E-state index is -0.641. The summed E-state index contributed by atoms with van der Waals surface area (Å²) < 4.78 is 5.70. The number of hydrogen-bond acceptors (Lipinski definition) is 5. The number of aryl methyl sites for hydroxylation is 1. The van der Waals surface area contributed by atoms with Crippen molar-refractivity contribution in [3.63, 3.8) is 0 Å². The standard InChI is InChI=1S/C22H18BrClN2O4S/c1-11-4-9-15(10-16(11)24)25-20(28)18-12(2)17(22(29)30-3)21(31-18)26-19(27)13-5-7-14(23)8-6-13/h4-10H,1-3H3,(H,25,28)(H,26,27). The van der Waals surface area contributed by atoms with Crippen molar-refractivity contribution in [1.29, 1.82) is 0 Å². The van der Waals surface area contributed by atoms with E-state index in [2.05, 4.69) is 26.6 Å². The molecule has 160 valence electrons. The second kappa shape index (κ2) is 9.64. The molecule has 0 radical (unpaired) electrons. The molecule has 0 bridgehead atoms. The monoisotopic (exact) mass is 520 g/mol. The van der Waals surface area contributed by atoms with E-state index in [9.17, 15) is 14.4 Å². The van der Waals surface area contributed by atoms with Gasteiger partial charge in [0.25, 0.3) is 11.8 Å². The van der Waals surface area contributed by atoms with Gasteiger partial charge in [-0.25, -0.2) is 4.79 Å². The van der Waals surface area contributed by atoms with Gasteiger partial charge >= 0.3 is 5.97 Å². The number of thiophene rings is 1. The molecular weight excluding hydrogens is 504 g/mol. The first kappa shape index (κ1) is 23.0. The van der Waals surface area contributed by atoms with Crippen molar-refractivity contribution in [2.45, 2.75) is 13.8 Å². The molecule has 2 N–H and O–H groups in total. The van der Waals surface area contributed by atoms with Gasteiger partial charge in [-0.3, -0.25) is 9.59 Å². The van der Waals surface area contributed by atoms with Gasteiger partial charge in [-0.2, -0.15) is 0 Å². The van der Waals surface area contributed by atoms with Crippen LogP contribution in [0.2, 0.25) is 5.02 Å². The Kier molecular flexibility index (Phi) is 7.15. The lowest BCUT2D eigenvalue weighted by atomic mass is 10.1. The Morgan fingerprint density at radius 2 is 1.68 bits per heavy atom. The van der Waals surface area contributed by atoms with Crippen molar-refractivity contribution in [1.82, 2.24) is 0 Å². The third-order valence-electron chi connectivity index (χ3n) is 4.51. The Labute approximate surface area is 196 Å². The number of hydrogen-bond donors (Lipinski definition) is 2. The average Bonchev–Trinajstić information content (AvgIpc) is 3.06. The van der Waals surface area contributed by atoms with Crippen molar-refractivity contribution >= 4 is 67.3 Å². The highest BCUT2D eigenvalue weighted by atomic mass is 79.9. The van der Waals surface area contributed by atoms with Crippen LogP contribution in [-0.2, 0) is 4.74 Å². The van der Waals surface area contributed by atoms with Gasteiger partial charge in [-0.1, -0.05) is 33.6 Å². The predicted molar refractivity (Wildman–Crippen MR) is 127 cm³/mol. The highest BCUT2D eigenvalue weighted by Crippen LogP contribution is 2.35. The molecule has 0 spiro atoms. The summed E-state index contributed by atoms with van der Waals surface area (Å²) >= 11 is 10.5. The van der Waals surface area contributed by atoms with Crippen LogP contribution in [0.3, 0.4) is 0 Å². The summed E-state index contributed by atoms with van der Waals surface area (Å²) in [6, 6.07) is 11.9. The molecule has 3 aromatic rings. The molecule has 0 unspecified atom stereocenters. The highest BCUT2D eigenvalue weighted by Gasteiger charge is 2.26. The largest absolute Gasteiger partial charge is 0.465 e. The third-order valence-corrected chi connectivity index (χ3v) is 6.65. The second-order valence-electron chi connectivity index (χ2n) is 6.63. The lowest BCUT2D eigenvalue weighted by molar-refractivity contribution is 0.0601. The number of nitrogens with one attached hydrogen (secondary N) is 2. The zero-order valence-corrected chi connectivity index (χ0v) is 20.0. The molecule has 6 nitrogen and oxygen atoms in total. The van der Waals surface area contributed by atoms with Gasteiger partial charge in [0.1, 0.15) is 5.00 Å². The van der Waals surface area contributed by atoms with Crippen LogP contribution in [0, 0.1) is 13.8 Å². The topological polar surface area (TPSA) is 84.5 Å². The summed E-state index contributed by atoms with van der Waals surface area (Å²) in [5.74, 6) is -1.47. The van der Waals surface area contributed by atoms with Gasteiger partial charge in [0.15, 0.2) is 0 Å². The zero-order valence-electron chi connectivity index (χ0n) is 16.8. The van der Waals surface area contributed by atoms with Crippen molar-refractivity contribution < 1.29 is 19.1 Å². The first-order chi connectivity index (χ1) is 14.7. The average molecular weight is 522 g/mol. The van der Waals surface area contributed by atoms with Crippen LogP contribution in [0.4, 0.5) is 10.7 Å². The van der Waals surface area contributed by atoms with Gasteiger partial charge < -0.3 is 15.4 Å². The molecule has 0 saturated carbocycles. The summed E-state index contributed by atoms with van der Waals surface area (Å²) in [4.78, 5) is 38.2. The first-order valence-corrected chi connectivity index (χ1v) is 11.1. The quantitative estimate of drug-likeness (QED) is 0.399. The number of halogens is 2. The number of carbonyl (C=O) groups excluding carboxylic acids is 3. The number of carbonyl (C=O) groups is 3. The molecule has 31 heavy (non-hydrogen) atoms. The van der Waals surface area contributed by atoms with E-state index < -0.39 is 17.8 Å².